The Balaban J connectivity index is 2.72. The van der Waals surface area contributed by atoms with E-state index in [1.807, 2.05) is 31.2 Å². The third-order valence-electron chi connectivity index (χ3n) is 2.47. The Kier molecular flexibility index (Phi) is 2.20. The Labute approximate surface area is 83.8 Å². The molecule has 2 rings (SSSR count). The maximum Gasteiger partial charge on any atom is 0.246 e. The Hall–Kier alpha value is -1.81. The van der Waals surface area contributed by atoms with Crippen molar-refractivity contribution in [1.29, 1.82) is 0 Å². The topological polar surface area (TPSA) is 4.36 Å². The lowest BCUT2D eigenvalue weighted by molar-refractivity contribution is 0.974. The molecule has 2 aromatic rings. The predicted octanol–water partition coefficient (Wildman–Crippen LogP) is 3.82. The van der Waals surface area contributed by atoms with Crippen LogP contribution in [-0.2, 0) is 0 Å². The fourth-order valence-corrected chi connectivity index (χ4v) is 1.68. The molecule has 0 aromatic heterocycles. The molecule has 0 saturated heterocycles. The molecule has 1 heteroatoms. The van der Waals surface area contributed by atoms with Gasteiger partial charge in [0.05, 0.1) is 0 Å². The Bertz CT molecular complexity index is 489. The van der Waals surface area contributed by atoms with Crippen LogP contribution in [-0.4, -0.2) is 0 Å². The molecular formula is C13H11N. The predicted molar refractivity (Wildman–Crippen MR) is 59.0 cm³/mol. The van der Waals surface area contributed by atoms with Gasteiger partial charge in [-0.25, -0.2) is 6.57 Å². The lowest BCUT2D eigenvalue weighted by Crippen LogP contribution is -1.88. The lowest BCUT2D eigenvalue weighted by atomic mass is 10.0. The monoisotopic (exact) mass is 181 g/mol. The summed E-state index contributed by atoms with van der Waals surface area (Å²) in [6, 6.07) is 14.3. The highest BCUT2D eigenvalue weighted by Crippen LogP contribution is 2.25. The van der Waals surface area contributed by atoms with Gasteiger partial charge in [-0.2, -0.15) is 0 Å². The van der Waals surface area contributed by atoms with Gasteiger partial charge in [-0.3, -0.25) is 0 Å². The SMILES string of the molecule is [C-]#[N+][C@@H](C)c1cccc2ccccc12. The molecule has 0 aliphatic rings. The van der Waals surface area contributed by atoms with Gasteiger partial charge < -0.3 is 4.85 Å². The van der Waals surface area contributed by atoms with Crippen LogP contribution in [0.2, 0.25) is 0 Å². The molecule has 1 nitrogen and oxygen atoms in total. The molecule has 2 aromatic carbocycles. The fourth-order valence-electron chi connectivity index (χ4n) is 1.68. The minimum Gasteiger partial charge on any atom is -0.309 e. The molecule has 0 amide bonds. The van der Waals surface area contributed by atoms with Gasteiger partial charge >= 0.3 is 0 Å². The fraction of sp³-hybridized carbons (Fsp3) is 0.154. The van der Waals surface area contributed by atoms with Gasteiger partial charge in [0.1, 0.15) is 0 Å². The molecule has 0 N–H and O–H groups in total. The van der Waals surface area contributed by atoms with Crippen LogP contribution < -0.4 is 0 Å². The summed E-state index contributed by atoms with van der Waals surface area (Å²) in [6.07, 6.45) is 0. The first kappa shape index (κ1) is 8.77. The highest BCUT2D eigenvalue weighted by Gasteiger charge is 2.10. The van der Waals surface area contributed by atoms with E-state index in [-0.39, 0.29) is 6.04 Å². The minimum atomic E-state index is -0.0545. The van der Waals surface area contributed by atoms with Crippen LogP contribution in [0.5, 0.6) is 0 Å². The van der Waals surface area contributed by atoms with Crippen molar-refractivity contribution >= 4 is 10.8 Å². The van der Waals surface area contributed by atoms with E-state index in [1.54, 1.807) is 0 Å². The summed E-state index contributed by atoms with van der Waals surface area (Å²) in [4.78, 5) is 3.56. The van der Waals surface area contributed by atoms with Crippen molar-refractivity contribution in [3.05, 3.63) is 59.4 Å². The van der Waals surface area contributed by atoms with Gasteiger partial charge in [0.25, 0.3) is 0 Å². The molecule has 68 valence electrons. The van der Waals surface area contributed by atoms with Crippen molar-refractivity contribution in [2.75, 3.05) is 0 Å². The van der Waals surface area contributed by atoms with E-state index in [0.29, 0.717) is 0 Å². The van der Waals surface area contributed by atoms with Crippen molar-refractivity contribution in [3.63, 3.8) is 0 Å². The molecule has 1 atom stereocenters. The maximum atomic E-state index is 7.05. The third-order valence-corrected chi connectivity index (χ3v) is 2.47. The summed E-state index contributed by atoms with van der Waals surface area (Å²) >= 11 is 0. The number of fused-ring (bicyclic) bond motifs is 1. The first-order valence-electron chi connectivity index (χ1n) is 4.67. The van der Waals surface area contributed by atoms with E-state index in [2.05, 4.69) is 23.0 Å². The van der Waals surface area contributed by atoms with Gasteiger partial charge in [0.2, 0.25) is 6.04 Å². The largest absolute Gasteiger partial charge is 0.309 e. The van der Waals surface area contributed by atoms with Gasteiger partial charge in [-0.05, 0) is 10.8 Å². The van der Waals surface area contributed by atoms with E-state index in [4.69, 9.17) is 6.57 Å². The summed E-state index contributed by atoms with van der Waals surface area (Å²) < 4.78 is 0. The molecule has 0 radical (unpaired) electrons. The standard InChI is InChI=1S/C13H11N/c1-10(14-2)12-9-5-7-11-6-3-4-8-13(11)12/h3-10H,1H3/t10-/m0/s1. The molecule has 0 heterocycles. The van der Waals surface area contributed by atoms with Crippen molar-refractivity contribution < 1.29 is 0 Å². The van der Waals surface area contributed by atoms with Crippen LogP contribution in [0.3, 0.4) is 0 Å². The summed E-state index contributed by atoms with van der Waals surface area (Å²) in [5.41, 5.74) is 1.12. The average Bonchev–Trinajstić information content (AvgIpc) is 2.27. The van der Waals surface area contributed by atoms with E-state index < -0.39 is 0 Å². The minimum absolute atomic E-state index is 0.0545. The lowest BCUT2D eigenvalue weighted by Gasteiger charge is -2.04. The molecule has 0 fully saturated rings. The van der Waals surface area contributed by atoms with Crippen molar-refractivity contribution in [2.24, 2.45) is 0 Å². The molecule has 0 bridgehead atoms. The van der Waals surface area contributed by atoms with E-state index >= 15 is 0 Å². The molecular weight excluding hydrogens is 170 g/mol. The Morgan fingerprint density at radius 2 is 1.79 bits per heavy atom. The highest BCUT2D eigenvalue weighted by molar-refractivity contribution is 5.86. The maximum absolute atomic E-state index is 7.05. The van der Waals surface area contributed by atoms with Crippen LogP contribution >= 0.6 is 0 Å². The van der Waals surface area contributed by atoms with Crippen LogP contribution in [0.25, 0.3) is 15.6 Å². The second-order valence-corrected chi connectivity index (χ2v) is 3.37. The number of nitrogens with zero attached hydrogens (tertiary/aromatic N) is 1. The smallest absolute Gasteiger partial charge is 0.246 e. The van der Waals surface area contributed by atoms with Crippen molar-refractivity contribution in [3.8, 4) is 0 Å². The summed E-state index contributed by atoms with van der Waals surface area (Å²) in [5.74, 6) is 0. The second-order valence-electron chi connectivity index (χ2n) is 3.37. The molecule has 0 aliphatic carbocycles. The summed E-state index contributed by atoms with van der Waals surface area (Å²) in [5, 5.41) is 2.40. The average molecular weight is 181 g/mol. The van der Waals surface area contributed by atoms with Crippen LogP contribution in [0.1, 0.15) is 18.5 Å². The number of benzene rings is 2. The highest BCUT2D eigenvalue weighted by atomic mass is 14.7. The third kappa shape index (κ3) is 1.36. The van der Waals surface area contributed by atoms with Crippen molar-refractivity contribution in [1.82, 2.24) is 0 Å². The van der Waals surface area contributed by atoms with Crippen molar-refractivity contribution in [2.45, 2.75) is 13.0 Å². The zero-order valence-corrected chi connectivity index (χ0v) is 8.07. The Morgan fingerprint density at radius 1 is 1.07 bits per heavy atom. The molecule has 0 aliphatic heterocycles. The molecule has 14 heavy (non-hydrogen) atoms. The molecule has 0 saturated carbocycles. The second kappa shape index (κ2) is 3.51. The van der Waals surface area contributed by atoms with E-state index in [9.17, 15) is 0 Å². The van der Waals surface area contributed by atoms with Crippen LogP contribution in [0.4, 0.5) is 0 Å². The number of hydrogen-bond acceptors (Lipinski definition) is 0. The molecule has 0 unspecified atom stereocenters. The molecule has 0 spiro atoms. The number of hydrogen-bond donors (Lipinski definition) is 0. The summed E-state index contributed by atoms with van der Waals surface area (Å²) in [7, 11) is 0. The van der Waals surface area contributed by atoms with Gasteiger partial charge in [0, 0.05) is 12.5 Å². The van der Waals surface area contributed by atoms with Crippen LogP contribution in [0.15, 0.2) is 42.5 Å². The first-order valence-corrected chi connectivity index (χ1v) is 4.67. The zero-order valence-electron chi connectivity index (χ0n) is 8.07. The first-order chi connectivity index (χ1) is 6.83. The van der Waals surface area contributed by atoms with E-state index in [0.717, 1.165) is 5.56 Å². The van der Waals surface area contributed by atoms with Crippen LogP contribution in [0, 0.1) is 6.57 Å². The zero-order chi connectivity index (χ0) is 9.97. The van der Waals surface area contributed by atoms with Gasteiger partial charge in [0.15, 0.2) is 0 Å². The normalized spacial score (nSPS) is 12.3. The quantitative estimate of drug-likeness (QED) is 0.589. The van der Waals surface area contributed by atoms with Gasteiger partial charge in [-0.15, -0.1) is 0 Å². The number of rotatable bonds is 1. The van der Waals surface area contributed by atoms with E-state index in [1.165, 1.54) is 10.8 Å². The van der Waals surface area contributed by atoms with Gasteiger partial charge in [-0.1, -0.05) is 42.5 Å². The summed E-state index contributed by atoms with van der Waals surface area (Å²) in [6.45, 7) is 8.99. The Morgan fingerprint density at radius 3 is 2.57 bits per heavy atom.